The topological polar surface area (TPSA) is 81.1 Å². The number of nitrogens with zero attached hydrogens (tertiary/aromatic N) is 2. The molecule has 2 atom stereocenters. The summed E-state index contributed by atoms with van der Waals surface area (Å²) in [6, 6.07) is 6.90. The number of carbonyl (C=O) groups is 2. The molecular weight excluding hydrogens is 272 g/mol. The number of aliphatic hydroxyl groups excluding tert-OH is 1. The molecule has 6 nitrogen and oxygen atoms in total. The van der Waals surface area contributed by atoms with E-state index in [2.05, 4.69) is 0 Å². The number of likely N-dealkylation sites (tertiary alicyclic amines) is 1. The fourth-order valence-electron chi connectivity index (χ4n) is 3.10. The summed E-state index contributed by atoms with van der Waals surface area (Å²) in [6.07, 6.45) is 0.985. The third kappa shape index (κ3) is 2.47. The number of para-hydroxylation sites is 1. The highest BCUT2D eigenvalue weighted by Gasteiger charge is 2.38. The van der Waals surface area contributed by atoms with Crippen molar-refractivity contribution >= 4 is 17.7 Å². The maximum absolute atomic E-state index is 12.6. The second kappa shape index (κ2) is 5.37. The highest BCUT2D eigenvalue weighted by Crippen LogP contribution is 2.37. The Morgan fingerprint density at radius 2 is 1.95 bits per heavy atom. The van der Waals surface area contributed by atoms with E-state index in [1.165, 1.54) is 4.90 Å². The zero-order valence-corrected chi connectivity index (χ0v) is 11.6. The number of β-amino-alcohol motifs (C(OH)–C–C–N with tert-alkyl or cyclic N) is 1. The molecule has 0 bridgehead atoms. The van der Waals surface area contributed by atoms with E-state index in [9.17, 15) is 19.8 Å². The monoisotopic (exact) mass is 290 g/mol. The number of hydrogen-bond acceptors (Lipinski definition) is 3. The lowest BCUT2D eigenvalue weighted by Crippen LogP contribution is -2.49. The summed E-state index contributed by atoms with van der Waals surface area (Å²) in [7, 11) is 0. The Hall–Kier alpha value is -2.08. The maximum Gasteiger partial charge on any atom is 0.324 e. The molecule has 0 radical (unpaired) electrons. The number of fused-ring (bicyclic) bond motifs is 1. The van der Waals surface area contributed by atoms with Gasteiger partial charge in [0.15, 0.2) is 0 Å². The molecule has 2 heterocycles. The average Bonchev–Trinajstić information content (AvgIpc) is 2.86. The Morgan fingerprint density at radius 3 is 2.67 bits per heavy atom. The number of hydrogen-bond donors (Lipinski definition) is 2. The van der Waals surface area contributed by atoms with Gasteiger partial charge in [-0.15, -0.1) is 0 Å². The van der Waals surface area contributed by atoms with Crippen LogP contribution in [0.1, 0.15) is 24.3 Å². The van der Waals surface area contributed by atoms with Crippen LogP contribution in [-0.2, 0) is 4.79 Å². The fraction of sp³-hybridized carbons (Fsp3) is 0.467. The van der Waals surface area contributed by atoms with Crippen molar-refractivity contribution in [1.82, 2.24) is 4.90 Å². The highest BCUT2D eigenvalue weighted by atomic mass is 16.4. The number of rotatable bonds is 1. The van der Waals surface area contributed by atoms with Gasteiger partial charge in [0, 0.05) is 25.3 Å². The number of amides is 2. The van der Waals surface area contributed by atoms with E-state index in [4.69, 9.17) is 0 Å². The molecule has 3 rings (SSSR count). The predicted molar refractivity (Wildman–Crippen MR) is 76.4 cm³/mol. The number of aliphatic hydroxyl groups is 1. The number of aliphatic carboxylic acids is 1. The molecule has 0 aromatic heterocycles. The van der Waals surface area contributed by atoms with Crippen molar-refractivity contribution in [3.8, 4) is 0 Å². The normalized spacial score (nSPS) is 24.8. The molecule has 1 saturated heterocycles. The van der Waals surface area contributed by atoms with E-state index in [-0.39, 0.29) is 12.6 Å². The van der Waals surface area contributed by atoms with Crippen molar-refractivity contribution in [3.63, 3.8) is 0 Å². The summed E-state index contributed by atoms with van der Waals surface area (Å²) < 4.78 is 0. The van der Waals surface area contributed by atoms with E-state index < -0.39 is 18.0 Å². The number of urea groups is 1. The lowest BCUT2D eigenvalue weighted by Gasteiger charge is -2.33. The number of carboxylic acid groups (broad SMARTS) is 1. The van der Waals surface area contributed by atoms with Crippen LogP contribution in [0.5, 0.6) is 0 Å². The van der Waals surface area contributed by atoms with Gasteiger partial charge >= 0.3 is 12.0 Å². The van der Waals surface area contributed by atoms with Crippen molar-refractivity contribution in [2.45, 2.75) is 24.9 Å². The van der Waals surface area contributed by atoms with Crippen LogP contribution >= 0.6 is 0 Å². The predicted octanol–water partition coefficient (Wildman–Crippen LogP) is 1.25. The highest BCUT2D eigenvalue weighted by molar-refractivity contribution is 5.98. The summed E-state index contributed by atoms with van der Waals surface area (Å²) in [4.78, 5) is 27.1. The van der Waals surface area contributed by atoms with E-state index in [0.717, 1.165) is 6.42 Å². The average molecular weight is 290 g/mol. The van der Waals surface area contributed by atoms with E-state index >= 15 is 0 Å². The van der Waals surface area contributed by atoms with Gasteiger partial charge in [-0.25, -0.2) is 4.79 Å². The minimum atomic E-state index is -0.920. The molecule has 1 aromatic carbocycles. The Balaban J connectivity index is 1.86. The van der Waals surface area contributed by atoms with Gasteiger partial charge in [-0.05, 0) is 24.5 Å². The van der Waals surface area contributed by atoms with E-state index in [1.807, 2.05) is 0 Å². The van der Waals surface area contributed by atoms with Crippen molar-refractivity contribution in [1.29, 1.82) is 0 Å². The quantitative estimate of drug-likeness (QED) is 0.815. The first-order valence-electron chi connectivity index (χ1n) is 7.14. The summed E-state index contributed by atoms with van der Waals surface area (Å²) in [6.45, 7) is 1.07. The van der Waals surface area contributed by atoms with Crippen molar-refractivity contribution in [2.24, 2.45) is 0 Å². The molecule has 6 heteroatoms. The fourth-order valence-corrected chi connectivity index (χ4v) is 3.10. The smallest absolute Gasteiger partial charge is 0.324 e. The first-order valence-corrected chi connectivity index (χ1v) is 7.14. The van der Waals surface area contributed by atoms with Crippen LogP contribution in [-0.4, -0.2) is 52.9 Å². The zero-order chi connectivity index (χ0) is 15.0. The Morgan fingerprint density at radius 1 is 1.19 bits per heavy atom. The van der Waals surface area contributed by atoms with Gasteiger partial charge in [0.2, 0.25) is 0 Å². The number of benzene rings is 1. The molecule has 1 fully saturated rings. The molecule has 2 N–H and O–H groups in total. The molecule has 2 amide bonds. The van der Waals surface area contributed by atoms with Gasteiger partial charge in [-0.3, -0.25) is 9.69 Å². The number of anilines is 1. The Bertz CT molecular complexity index is 575. The lowest BCUT2D eigenvalue weighted by molar-refractivity contribution is -0.138. The van der Waals surface area contributed by atoms with E-state index in [1.54, 1.807) is 29.2 Å². The van der Waals surface area contributed by atoms with Crippen molar-refractivity contribution < 1.29 is 19.8 Å². The zero-order valence-electron chi connectivity index (χ0n) is 11.6. The van der Waals surface area contributed by atoms with E-state index in [0.29, 0.717) is 30.8 Å². The number of carboxylic acids is 1. The molecule has 112 valence electrons. The maximum atomic E-state index is 12.6. The second-order valence-electron chi connectivity index (χ2n) is 5.58. The van der Waals surface area contributed by atoms with Crippen LogP contribution in [0.4, 0.5) is 10.5 Å². The molecule has 0 aliphatic carbocycles. The van der Waals surface area contributed by atoms with Crippen LogP contribution in [0.15, 0.2) is 24.3 Å². The summed E-state index contributed by atoms with van der Waals surface area (Å²) in [5.41, 5.74) is 1.34. The molecular formula is C15H18N2O4. The second-order valence-corrected chi connectivity index (χ2v) is 5.58. The van der Waals surface area contributed by atoms with Crippen molar-refractivity contribution in [3.05, 3.63) is 29.8 Å². The lowest BCUT2D eigenvalue weighted by atomic mass is 10.0. The van der Waals surface area contributed by atoms with Gasteiger partial charge in [-0.1, -0.05) is 18.2 Å². The molecule has 1 aromatic rings. The molecule has 2 unspecified atom stereocenters. The third-order valence-electron chi connectivity index (χ3n) is 4.16. The van der Waals surface area contributed by atoms with Crippen LogP contribution in [0.25, 0.3) is 0 Å². The van der Waals surface area contributed by atoms with Crippen LogP contribution < -0.4 is 4.90 Å². The van der Waals surface area contributed by atoms with Gasteiger partial charge in [0.1, 0.15) is 5.92 Å². The Labute approximate surface area is 122 Å². The molecule has 0 spiro atoms. The molecule has 2 aliphatic heterocycles. The minimum absolute atomic E-state index is 0.153. The van der Waals surface area contributed by atoms with Gasteiger partial charge in [0.05, 0.1) is 6.10 Å². The molecule has 0 saturated carbocycles. The SMILES string of the molecule is O=C(O)C1CN(C(=O)N2CCCC(O)C2)c2ccccc21. The van der Waals surface area contributed by atoms with Gasteiger partial charge in [-0.2, -0.15) is 0 Å². The molecule has 2 aliphatic rings. The largest absolute Gasteiger partial charge is 0.481 e. The Kier molecular flexibility index (Phi) is 3.55. The van der Waals surface area contributed by atoms with Crippen LogP contribution in [0.2, 0.25) is 0 Å². The van der Waals surface area contributed by atoms with Gasteiger partial charge < -0.3 is 15.1 Å². The van der Waals surface area contributed by atoms with Gasteiger partial charge in [0.25, 0.3) is 0 Å². The number of carbonyl (C=O) groups excluding carboxylic acids is 1. The summed E-state index contributed by atoms with van der Waals surface area (Å²) >= 11 is 0. The standard InChI is InChI=1S/C15H18N2O4/c18-10-4-3-7-16(8-10)15(21)17-9-12(14(19)20)11-5-1-2-6-13(11)17/h1-2,5-6,10,12,18H,3-4,7-9H2,(H,19,20). The third-order valence-corrected chi connectivity index (χ3v) is 4.16. The molecule has 21 heavy (non-hydrogen) atoms. The van der Waals surface area contributed by atoms with Crippen molar-refractivity contribution in [2.75, 3.05) is 24.5 Å². The van der Waals surface area contributed by atoms with Crippen LogP contribution in [0, 0.1) is 0 Å². The summed E-state index contributed by atoms with van der Waals surface area (Å²) in [5.74, 6) is -1.60. The first-order chi connectivity index (χ1) is 10.1. The minimum Gasteiger partial charge on any atom is -0.481 e. The van der Waals surface area contributed by atoms with Crippen LogP contribution in [0.3, 0.4) is 0 Å². The number of piperidine rings is 1. The summed E-state index contributed by atoms with van der Waals surface area (Å²) in [5, 5.41) is 19.0. The first kappa shape index (κ1) is 13.9.